The summed E-state index contributed by atoms with van der Waals surface area (Å²) in [5, 5.41) is 73.0. The van der Waals surface area contributed by atoms with Crippen LogP contribution < -0.4 is 114 Å². The first-order chi connectivity index (χ1) is 59.1. The lowest BCUT2D eigenvalue weighted by molar-refractivity contribution is -0.138. The van der Waals surface area contributed by atoms with Crippen LogP contribution in [0, 0.1) is 27.0 Å². The quantitative estimate of drug-likeness (QED) is 0.00755. The monoisotopic (exact) mass is 1820 g/mol. The van der Waals surface area contributed by atoms with Gasteiger partial charge in [0.15, 0.2) is 29.8 Å². The van der Waals surface area contributed by atoms with Crippen molar-refractivity contribution in [3.63, 3.8) is 0 Å². The summed E-state index contributed by atoms with van der Waals surface area (Å²) in [5.41, 5.74) is 35.9. The number of aliphatic imine (C=N–C) groups is 1. The Morgan fingerprint density at radius 1 is 0.508 bits per heavy atom. The van der Waals surface area contributed by atoms with Gasteiger partial charge in [0.05, 0.1) is 33.0 Å². The van der Waals surface area contributed by atoms with Gasteiger partial charge in [-0.2, -0.15) is 16.8 Å². The number of hydrogen-bond acceptors (Lipinski definition) is 24. The molecule has 0 bridgehead atoms. The third kappa shape index (κ3) is 33.9. The molecule has 3 aliphatic heterocycles. The SMILES string of the molecule is CC(=O)N[C@@H](C)C(=O)NCC(=O)N[C@H](CCCNC(=N)N)C(=O)N[C@H](CCCNC(=N)N)C(=O)N[C@H](CCCNC(=N)N)C(=O)N[C@H](CCCNC(=N)N)C(=O)N[C@H](CCCNC(=N)N)C(=O)N[C@H](CSC1CC(=O)N(CCNC(=O)CCCCCN2/C(=C/C=C/C=C/C3=Nc4ccc(S(=O)(=O)O)cc4C3(C)C)C(C)(C)c3cc(S(=O)(=O)O)ccc32)C1=O)C(N)=O. The molecule has 2 aromatic rings. The molecular formula is C77H120N28O18S3. The zero-order valence-electron chi connectivity index (χ0n) is 71.1. The van der Waals surface area contributed by atoms with Crippen molar-refractivity contribution in [2.24, 2.45) is 39.4 Å². The molecule has 0 spiro atoms. The third-order valence-electron chi connectivity index (χ3n) is 20.3. The highest BCUT2D eigenvalue weighted by atomic mass is 32.2. The first kappa shape index (κ1) is 104. The number of thioether (sulfide) groups is 1. The Morgan fingerprint density at radius 3 is 1.38 bits per heavy atom. The van der Waals surface area contributed by atoms with Gasteiger partial charge in [-0.1, -0.05) is 52.3 Å². The predicted molar refractivity (Wildman–Crippen MR) is 471 cm³/mol. The van der Waals surface area contributed by atoms with Crippen molar-refractivity contribution < 1.29 is 83.5 Å². The van der Waals surface area contributed by atoms with Gasteiger partial charge in [0.1, 0.15) is 42.3 Å². The number of primary amides is 1. The van der Waals surface area contributed by atoms with Crippen LogP contribution in [0.4, 0.5) is 11.4 Å². The first-order valence-corrected chi connectivity index (χ1v) is 44.5. The van der Waals surface area contributed by atoms with Gasteiger partial charge >= 0.3 is 0 Å². The average molecular weight is 1820 g/mol. The van der Waals surface area contributed by atoms with E-state index in [1.54, 1.807) is 30.4 Å². The van der Waals surface area contributed by atoms with Gasteiger partial charge in [-0.15, -0.1) is 11.8 Å². The molecule has 1 saturated heterocycles. The van der Waals surface area contributed by atoms with Crippen molar-refractivity contribution in [1.29, 1.82) is 27.0 Å². The summed E-state index contributed by atoms with van der Waals surface area (Å²) < 4.78 is 68.0. The number of carbonyl (C=O) groups is 12. The van der Waals surface area contributed by atoms with Crippen molar-refractivity contribution in [3.05, 3.63) is 83.6 Å². The molecule has 1 fully saturated rings. The lowest BCUT2D eigenvalue weighted by atomic mass is 9.81. The maximum atomic E-state index is 14.8. The van der Waals surface area contributed by atoms with Gasteiger partial charge in [-0.25, -0.2) is 0 Å². The highest BCUT2D eigenvalue weighted by Crippen LogP contribution is 2.49. The molecule has 33 N–H and O–H groups in total. The number of anilines is 1. The molecule has 0 radical (unpaired) electrons. The zero-order valence-corrected chi connectivity index (χ0v) is 73.6. The lowest BCUT2D eigenvalue weighted by Gasteiger charge is -2.28. The normalized spacial score (nSPS) is 16.4. The molecule has 12 amide bonds. The van der Waals surface area contributed by atoms with E-state index in [-0.39, 0.29) is 144 Å². The second-order valence-electron chi connectivity index (χ2n) is 31.0. The van der Waals surface area contributed by atoms with Crippen molar-refractivity contribution in [2.75, 3.05) is 69.6 Å². The summed E-state index contributed by atoms with van der Waals surface area (Å²) in [4.78, 5) is 171. The standard InChI is InChI=1S/C77H120N28O18S3/c1-43(96-44(2)106)64(111)95-41-61(108)98-50(18-13-30-90-71(79)80)65(112)99-51(19-14-31-91-72(81)82)66(113)100-52(20-15-32-92-73(83)84)67(114)101-53(21-16-33-93-74(85)86)68(115)102-54(22-17-34-94-75(87)88)69(116)103-55(63(78)110)42-124-57-40-62(109)105(70(57)117)37-35-89-60(107)25-11-8-12-36-104-56-29-27-46(126(121,122)123)39-48(56)77(5,6)59(104)24-10-7-9-23-58-76(3,4)47-38-45(125(118,119)120)26-28-49(47)97-58/h7,9-10,23-24,26-29,38-39,43,50-55,57H,8,11-22,25,30-37,40-42H2,1-6H3,(H2,78,110)(H,89,107)(H,95,111)(H,96,106)(H,98,108)(H,99,112)(H,100,113)(H,101,114)(H,102,115)(H,103,116)(H4,79,80,90)(H4,81,82,91)(H4,83,84,92)(H4,85,86,93)(H4,87,88,94)(H,118,119,120)(H,121,122,123)/b10-7+,23-9+,59-24+/t43-,50+,51+,52+,53+,54+,55+,57?/m0/s1. The molecule has 126 heavy (non-hydrogen) atoms. The van der Waals surface area contributed by atoms with E-state index >= 15 is 0 Å². The second kappa shape index (κ2) is 49.3. The van der Waals surface area contributed by atoms with Gasteiger partial charge in [-0.3, -0.25) is 104 Å². The summed E-state index contributed by atoms with van der Waals surface area (Å²) in [5.74, 6) is -12.2. The predicted octanol–water partition coefficient (Wildman–Crippen LogP) is -3.77. The molecule has 0 aromatic heterocycles. The number of benzene rings is 2. The number of nitrogens with zero attached hydrogens (tertiary/aromatic N) is 3. The first-order valence-electron chi connectivity index (χ1n) is 40.6. The van der Waals surface area contributed by atoms with E-state index in [0.717, 1.165) is 22.4 Å². The zero-order chi connectivity index (χ0) is 94.0. The van der Waals surface area contributed by atoms with Crippen LogP contribution in [-0.2, 0) is 88.6 Å². The summed E-state index contributed by atoms with van der Waals surface area (Å²) in [7, 11) is -9.01. The number of guanidine groups is 5. The van der Waals surface area contributed by atoms with E-state index in [4.69, 9.17) is 61.4 Å². The fourth-order valence-corrected chi connectivity index (χ4v) is 15.9. The number of carbonyl (C=O) groups excluding carboxylic acids is 12. The Bertz CT molecular complexity index is 4730. The highest BCUT2D eigenvalue weighted by molar-refractivity contribution is 8.00. The van der Waals surface area contributed by atoms with Crippen LogP contribution in [-0.4, -0.2) is 249 Å². The molecule has 694 valence electrons. The van der Waals surface area contributed by atoms with Crippen LogP contribution in [0.1, 0.15) is 149 Å². The Kier molecular flexibility index (Phi) is 40.7. The van der Waals surface area contributed by atoms with Crippen LogP contribution in [0.25, 0.3) is 0 Å². The minimum absolute atomic E-state index is 0.000393. The van der Waals surface area contributed by atoms with E-state index < -0.39 is 180 Å². The summed E-state index contributed by atoms with van der Waals surface area (Å²) in [6, 6.07) is -1.65. The fraction of sp³-hybridized carbons (Fsp3) is 0.532. The molecule has 1 unspecified atom stereocenters. The van der Waals surface area contributed by atoms with Crippen molar-refractivity contribution in [3.8, 4) is 0 Å². The maximum Gasteiger partial charge on any atom is 0.294 e. The van der Waals surface area contributed by atoms with Crippen molar-refractivity contribution in [2.45, 2.75) is 206 Å². The molecule has 46 nitrogen and oxygen atoms in total. The molecule has 49 heteroatoms. The van der Waals surface area contributed by atoms with Crippen LogP contribution in [0.2, 0.25) is 0 Å². The van der Waals surface area contributed by atoms with Gasteiger partial charge in [0.25, 0.3) is 20.2 Å². The molecule has 0 saturated carbocycles. The summed E-state index contributed by atoms with van der Waals surface area (Å²) in [6.45, 7) is 9.58. The van der Waals surface area contributed by atoms with E-state index in [1.807, 2.05) is 38.7 Å². The van der Waals surface area contributed by atoms with E-state index in [0.29, 0.717) is 54.0 Å². The minimum Gasteiger partial charge on any atom is -0.370 e. The van der Waals surface area contributed by atoms with Crippen LogP contribution in [0.3, 0.4) is 0 Å². The van der Waals surface area contributed by atoms with Gasteiger partial charge in [-0.05, 0) is 144 Å². The molecule has 5 rings (SSSR count). The Morgan fingerprint density at radius 2 is 0.944 bits per heavy atom. The Hall–Kier alpha value is -12.5. The number of nitrogens with one attached hydrogen (secondary N) is 19. The van der Waals surface area contributed by atoms with E-state index in [9.17, 15) is 83.5 Å². The summed E-state index contributed by atoms with van der Waals surface area (Å²) >= 11 is 0.830. The maximum absolute atomic E-state index is 14.8. The van der Waals surface area contributed by atoms with Crippen LogP contribution in [0.5, 0.6) is 0 Å². The average Bonchev–Trinajstić information content (AvgIpc) is 1.59. The number of amides is 12. The van der Waals surface area contributed by atoms with E-state index in [2.05, 4.69) is 79.4 Å². The molecule has 2 aromatic carbocycles. The number of hydrogen-bond donors (Lipinski definition) is 27. The fourth-order valence-electron chi connectivity index (χ4n) is 13.7. The number of imide groups is 1. The van der Waals surface area contributed by atoms with Crippen molar-refractivity contribution in [1.82, 2.24) is 79.3 Å². The van der Waals surface area contributed by atoms with Crippen LogP contribution >= 0.6 is 11.8 Å². The van der Waals surface area contributed by atoms with Crippen molar-refractivity contribution >= 4 is 150 Å². The molecule has 3 heterocycles. The summed E-state index contributed by atoms with van der Waals surface area (Å²) in [6.07, 6.45) is 9.52. The third-order valence-corrected chi connectivity index (χ3v) is 23.3. The number of rotatable bonds is 53. The topological polar surface area (TPSA) is 776 Å². The Balaban J connectivity index is 1.25. The van der Waals surface area contributed by atoms with Crippen LogP contribution in [0.15, 0.2) is 87.3 Å². The minimum atomic E-state index is -4.56. The largest absolute Gasteiger partial charge is 0.370 e. The molecular weight excluding hydrogens is 1700 g/mol. The van der Waals surface area contributed by atoms with Gasteiger partial charge < -0.3 is 114 Å². The lowest BCUT2D eigenvalue weighted by Crippen LogP contribution is -2.60. The number of unbranched alkanes of at least 4 members (excludes halogenated alkanes) is 2. The number of allylic oxidation sites excluding steroid dienone is 6. The number of nitrogens with two attached hydrogens (primary N) is 6. The van der Waals surface area contributed by atoms with Gasteiger partial charge in [0.2, 0.25) is 70.9 Å². The second-order valence-corrected chi connectivity index (χ2v) is 35.0. The molecule has 0 aliphatic carbocycles. The molecule has 3 aliphatic rings. The molecule has 8 atom stereocenters. The number of likely N-dealkylation sites (tertiary alicyclic amines) is 1. The number of fused-ring (bicyclic) bond motifs is 2. The van der Waals surface area contributed by atoms with E-state index in [1.165, 1.54) is 44.2 Å². The highest BCUT2D eigenvalue weighted by Gasteiger charge is 2.43. The smallest absolute Gasteiger partial charge is 0.294 e. The Labute approximate surface area is 734 Å². The van der Waals surface area contributed by atoms with Gasteiger partial charge in [0, 0.05) is 100 Å².